The molecule has 0 radical (unpaired) electrons. The molecule has 0 bridgehead atoms. The Hall–Kier alpha value is -1.43. The highest BCUT2D eigenvalue weighted by Crippen LogP contribution is 2.13. The van der Waals surface area contributed by atoms with Crippen LogP contribution in [0.15, 0.2) is 34.6 Å². The van der Waals surface area contributed by atoms with Gasteiger partial charge in [-0.2, -0.15) is 0 Å². The van der Waals surface area contributed by atoms with Gasteiger partial charge in [0.05, 0.1) is 17.3 Å². The zero-order valence-corrected chi connectivity index (χ0v) is 21.5. The van der Waals surface area contributed by atoms with E-state index in [9.17, 15) is 0 Å². The molecular formula is C21H34IN5O2S. The Bertz CT molecular complexity index is 757. The monoisotopic (exact) mass is 547 g/mol. The first kappa shape index (κ1) is 26.6. The fourth-order valence-corrected chi connectivity index (χ4v) is 3.31. The number of likely N-dealkylation sites (N-methyl/N-ethyl adjacent to an activating group) is 1. The molecule has 7 nitrogen and oxygen atoms in total. The van der Waals surface area contributed by atoms with Gasteiger partial charge in [-0.3, -0.25) is 4.99 Å². The number of aliphatic imine (C=N–C) groups is 1. The summed E-state index contributed by atoms with van der Waals surface area (Å²) in [5.74, 6) is 1.66. The van der Waals surface area contributed by atoms with Gasteiger partial charge >= 0.3 is 0 Å². The number of hydrogen-bond donors (Lipinski definition) is 2. The molecule has 2 aromatic rings. The number of benzene rings is 1. The molecule has 168 valence electrons. The smallest absolute Gasteiger partial charge is 0.191 e. The van der Waals surface area contributed by atoms with Crippen molar-refractivity contribution >= 4 is 41.3 Å². The maximum Gasteiger partial charge on any atom is 0.191 e. The van der Waals surface area contributed by atoms with Crippen molar-refractivity contribution in [2.75, 3.05) is 54.1 Å². The van der Waals surface area contributed by atoms with Gasteiger partial charge in [0.1, 0.15) is 12.4 Å². The Morgan fingerprint density at radius 3 is 2.73 bits per heavy atom. The minimum atomic E-state index is 0. The molecule has 1 aromatic carbocycles. The van der Waals surface area contributed by atoms with Crippen LogP contribution in [0.3, 0.4) is 0 Å². The summed E-state index contributed by atoms with van der Waals surface area (Å²) < 4.78 is 11.0. The van der Waals surface area contributed by atoms with Crippen molar-refractivity contribution in [3.63, 3.8) is 0 Å². The SMILES string of the molecule is CN=C(NCCc1csc(C)n1)NCc1cccc(OCCN(C)CCOC)c1.I. The highest BCUT2D eigenvalue weighted by atomic mass is 127. The van der Waals surface area contributed by atoms with E-state index >= 15 is 0 Å². The molecule has 9 heteroatoms. The zero-order valence-electron chi connectivity index (χ0n) is 18.3. The van der Waals surface area contributed by atoms with Crippen LogP contribution in [0.25, 0.3) is 0 Å². The number of aromatic nitrogens is 1. The molecule has 0 atom stereocenters. The van der Waals surface area contributed by atoms with E-state index in [1.807, 2.05) is 19.1 Å². The lowest BCUT2D eigenvalue weighted by Gasteiger charge is -2.16. The Balaban J connectivity index is 0.00000450. The second kappa shape index (κ2) is 15.4. The van der Waals surface area contributed by atoms with E-state index in [2.05, 4.69) is 50.1 Å². The minimum absolute atomic E-state index is 0. The highest BCUT2D eigenvalue weighted by Gasteiger charge is 2.03. The third kappa shape index (κ3) is 10.6. The molecule has 0 saturated heterocycles. The second-order valence-electron chi connectivity index (χ2n) is 6.75. The summed E-state index contributed by atoms with van der Waals surface area (Å²) in [4.78, 5) is 11.0. The minimum Gasteiger partial charge on any atom is -0.492 e. The van der Waals surface area contributed by atoms with Crippen LogP contribution in [0.2, 0.25) is 0 Å². The summed E-state index contributed by atoms with van der Waals surface area (Å²) >= 11 is 1.68. The number of ether oxygens (including phenoxy) is 2. The third-order valence-electron chi connectivity index (χ3n) is 4.34. The van der Waals surface area contributed by atoms with Crippen molar-refractivity contribution in [3.8, 4) is 5.75 Å². The molecule has 1 heterocycles. The molecule has 0 aliphatic carbocycles. The van der Waals surface area contributed by atoms with Crippen LogP contribution in [0.5, 0.6) is 5.75 Å². The molecule has 0 saturated carbocycles. The van der Waals surface area contributed by atoms with E-state index in [4.69, 9.17) is 9.47 Å². The predicted molar refractivity (Wildman–Crippen MR) is 135 cm³/mol. The van der Waals surface area contributed by atoms with Crippen molar-refractivity contribution in [1.82, 2.24) is 20.5 Å². The van der Waals surface area contributed by atoms with Gasteiger partial charge in [0, 0.05) is 52.1 Å². The summed E-state index contributed by atoms with van der Waals surface area (Å²) in [6.45, 7) is 6.65. The van der Waals surface area contributed by atoms with E-state index in [1.165, 1.54) is 0 Å². The second-order valence-corrected chi connectivity index (χ2v) is 7.81. The molecule has 2 N–H and O–H groups in total. The number of guanidine groups is 1. The average molecular weight is 548 g/mol. The predicted octanol–water partition coefficient (Wildman–Crippen LogP) is 2.93. The first-order valence-electron chi connectivity index (χ1n) is 9.85. The maximum absolute atomic E-state index is 5.88. The molecule has 0 aliphatic heterocycles. The molecule has 0 amide bonds. The summed E-state index contributed by atoms with van der Waals surface area (Å²) in [6, 6.07) is 8.15. The van der Waals surface area contributed by atoms with Gasteiger partial charge in [-0.25, -0.2) is 4.98 Å². The van der Waals surface area contributed by atoms with Crippen LogP contribution in [0.1, 0.15) is 16.3 Å². The van der Waals surface area contributed by atoms with Crippen molar-refractivity contribution in [3.05, 3.63) is 45.9 Å². The van der Waals surface area contributed by atoms with Crippen LogP contribution in [-0.4, -0.2) is 69.9 Å². The lowest BCUT2D eigenvalue weighted by Crippen LogP contribution is -2.37. The Kier molecular flexibility index (Phi) is 13.6. The summed E-state index contributed by atoms with van der Waals surface area (Å²) in [6.07, 6.45) is 0.882. The fraction of sp³-hybridized carbons (Fsp3) is 0.524. The molecule has 2 rings (SSSR count). The van der Waals surface area contributed by atoms with Crippen LogP contribution in [0, 0.1) is 6.92 Å². The van der Waals surface area contributed by atoms with E-state index < -0.39 is 0 Å². The van der Waals surface area contributed by atoms with Crippen molar-refractivity contribution in [2.45, 2.75) is 19.9 Å². The normalized spacial score (nSPS) is 11.3. The van der Waals surface area contributed by atoms with Gasteiger partial charge in [0.25, 0.3) is 0 Å². The van der Waals surface area contributed by atoms with Crippen molar-refractivity contribution in [2.24, 2.45) is 4.99 Å². The van der Waals surface area contributed by atoms with Crippen LogP contribution < -0.4 is 15.4 Å². The largest absolute Gasteiger partial charge is 0.492 e. The number of nitrogens with zero attached hydrogens (tertiary/aromatic N) is 3. The number of rotatable bonds is 12. The van der Waals surface area contributed by atoms with Gasteiger partial charge in [-0.05, 0) is 31.7 Å². The Morgan fingerprint density at radius 1 is 1.23 bits per heavy atom. The summed E-state index contributed by atoms with van der Waals surface area (Å²) in [7, 11) is 5.56. The lowest BCUT2D eigenvalue weighted by molar-refractivity contribution is 0.150. The van der Waals surface area contributed by atoms with Crippen LogP contribution in [0.4, 0.5) is 0 Å². The van der Waals surface area contributed by atoms with E-state index in [0.717, 1.165) is 60.6 Å². The number of methoxy groups -OCH3 is 1. The molecule has 30 heavy (non-hydrogen) atoms. The average Bonchev–Trinajstić information content (AvgIpc) is 3.14. The van der Waals surface area contributed by atoms with Gasteiger partial charge in [-0.1, -0.05) is 12.1 Å². The number of thiazole rings is 1. The zero-order chi connectivity index (χ0) is 20.9. The van der Waals surface area contributed by atoms with Crippen molar-refractivity contribution < 1.29 is 9.47 Å². The van der Waals surface area contributed by atoms with Crippen LogP contribution >= 0.6 is 35.3 Å². The first-order valence-corrected chi connectivity index (χ1v) is 10.7. The van der Waals surface area contributed by atoms with Crippen LogP contribution in [-0.2, 0) is 17.7 Å². The van der Waals surface area contributed by atoms with E-state index in [1.54, 1.807) is 25.5 Å². The highest BCUT2D eigenvalue weighted by molar-refractivity contribution is 14.0. The number of hydrogen-bond acceptors (Lipinski definition) is 6. The molecular weight excluding hydrogens is 513 g/mol. The summed E-state index contributed by atoms with van der Waals surface area (Å²) in [5.41, 5.74) is 2.27. The van der Waals surface area contributed by atoms with E-state index in [-0.39, 0.29) is 24.0 Å². The van der Waals surface area contributed by atoms with Gasteiger partial charge < -0.3 is 25.0 Å². The number of nitrogens with one attached hydrogen (secondary N) is 2. The Morgan fingerprint density at radius 2 is 2.03 bits per heavy atom. The summed E-state index contributed by atoms with van der Waals surface area (Å²) in [5, 5.41) is 9.89. The molecule has 0 spiro atoms. The topological polar surface area (TPSA) is 71.0 Å². The van der Waals surface area contributed by atoms with E-state index in [0.29, 0.717) is 13.2 Å². The maximum atomic E-state index is 5.88. The first-order chi connectivity index (χ1) is 14.1. The van der Waals surface area contributed by atoms with Gasteiger partial charge in [0.2, 0.25) is 0 Å². The number of aryl methyl sites for hydroxylation is 1. The fourth-order valence-electron chi connectivity index (χ4n) is 2.66. The number of halogens is 1. The lowest BCUT2D eigenvalue weighted by atomic mass is 10.2. The molecule has 0 aliphatic rings. The Labute approximate surface area is 201 Å². The third-order valence-corrected chi connectivity index (χ3v) is 5.16. The quantitative estimate of drug-likeness (QED) is 0.242. The van der Waals surface area contributed by atoms with Crippen molar-refractivity contribution in [1.29, 1.82) is 0 Å². The molecule has 0 fully saturated rings. The molecule has 0 unspecified atom stereocenters. The van der Waals surface area contributed by atoms with Gasteiger partial charge in [0.15, 0.2) is 5.96 Å². The van der Waals surface area contributed by atoms with Gasteiger partial charge in [-0.15, -0.1) is 35.3 Å². The standard InChI is InChI=1S/C21H33N5O2S.HI/c1-17-25-19(16-29-17)8-9-23-21(22-2)24-15-18-6-5-7-20(14-18)28-13-11-26(3)10-12-27-4;/h5-7,14,16H,8-13,15H2,1-4H3,(H2,22,23,24);1H. The molecule has 1 aromatic heterocycles.